The van der Waals surface area contributed by atoms with Crippen LogP contribution < -0.4 is 15.8 Å². The van der Waals surface area contributed by atoms with Gasteiger partial charge in [-0.3, -0.25) is 15.1 Å². The standard InChI is InChI=1S/3C17H12F2O5S/c18-17(19,25-24-23-21)16(20)22-10-15-13-7-3-1-5-11(13)9-12-6-2-4-8-14(12)15;18-17(19,25-24-23-21)16(20)22-10-14-7-3-6-13-8-11-4-1-2-5-12(11)9-15(13)14;18-17(19,25-24-23-21)16(20)22-10-11-5-6-14-8-12-3-1-2-4-13(12)9-15(14)7-11/h3*1-9,21H,10H2/p-3. The van der Waals surface area contributed by atoms with Crippen molar-refractivity contribution in [2.24, 2.45) is 0 Å². The lowest BCUT2D eigenvalue weighted by molar-refractivity contribution is -0.777. The SMILES string of the molecule is O=C(OCc1c2ccccc2cc2ccccc12)C(F)(F)SOO[O-].O=C(OCc1ccc2cc3ccccc3cc2c1)C(F)(F)SOO[O-].O=C(OCc1cccc2cc3ccccc3cc12)C(F)(F)SOO[O-]. The van der Waals surface area contributed by atoms with Crippen molar-refractivity contribution in [2.45, 2.75) is 35.6 Å². The summed E-state index contributed by atoms with van der Waals surface area (Å²) in [5.41, 5.74) is 1.75. The van der Waals surface area contributed by atoms with Crippen molar-refractivity contribution < 1.29 is 98.8 Å². The maximum absolute atomic E-state index is 13.5. The van der Waals surface area contributed by atoms with E-state index in [4.69, 9.17) is 4.74 Å². The van der Waals surface area contributed by atoms with Gasteiger partial charge in [-0.2, -0.15) is 39.3 Å². The molecule has 0 aromatic heterocycles. The quantitative estimate of drug-likeness (QED) is 0.0149. The van der Waals surface area contributed by atoms with E-state index in [-0.39, 0.29) is 19.8 Å². The molecule has 0 heterocycles. The van der Waals surface area contributed by atoms with Crippen LogP contribution in [0.5, 0.6) is 0 Å². The molecule has 0 amide bonds. The molecule has 390 valence electrons. The summed E-state index contributed by atoms with van der Waals surface area (Å²) in [4.78, 5) is 34.4. The van der Waals surface area contributed by atoms with Gasteiger partial charge in [-0.1, -0.05) is 127 Å². The number of carbonyl (C=O) groups is 3. The van der Waals surface area contributed by atoms with E-state index in [1.54, 1.807) is 24.3 Å². The lowest BCUT2D eigenvalue weighted by Crippen LogP contribution is -2.28. The van der Waals surface area contributed by atoms with E-state index in [0.29, 0.717) is 16.7 Å². The first kappa shape index (κ1) is 56.0. The Bertz CT molecular complexity index is 3370. The number of halogens is 6. The normalized spacial score (nSPS) is 11.8. The third-order valence-corrected chi connectivity index (χ3v) is 12.3. The van der Waals surface area contributed by atoms with Gasteiger partial charge in [-0.15, -0.1) is 0 Å². The molecule has 0 spiro atoms. The number of rotatable bonds is 18. The number of esters is 3. The maximum Gasteiger partial charge on any atom is 0.415 e. The fourth-order valence-corrected chi connectivity index (χ4v) is 8.17. The third-order valence-electron chi connectivity index (χ3n) is 10.8. The summed E-state index contributed by atoms with van der Waals surface area (Å²) in [6, 6.07) is 50.8. The Balaban J connectivity index is 0.000000164. The highest BCUT2D eigenvalue weighted by Gasteiger charge is 2.45. The van der Waals surface area contributed by atoms with E-state index in [0.717, 1.165) is 64.6 Å². The highest BCUT2D eigenvalue weighted by atomic mass is 32.2. The second-order valence-corrected chi connectivity index (χ2v) is 17.9. The molecule has 0 bridgehead atoms. The van der Waals surface area contributed by atoms with E-state index >= 15 is 0 Å². The van der Waals surface area contributed by atoms with Crippen molar-refractivity contribution in [3.05, 3.63) is 180 Å². The van der Waals surface area contributed by atoms with E-state index in [9.17, 15) is 56.5 Å². The van der Waals surface area contributed by atoms with Gasteiger partial charge in [0.15, 0.2) is 0 Å². The van der Waals surface area contributed by atoms with Crippen LogP contribution in [0.3, 0.4) is 0 Å². The predicted octanol–water partition coefficient (Wildman–Crippen LogP) is 10.5. The number of ether oxygens (including phenoxy) is 3. The Morgan fingerprint density at radius 2 is 0.733 bits per heavy atom. The van der Waals surface area contributed by atoms with E-state index < -0.39 is 69.8 Å². The van der Waals surface area contributed by atoms with Gasteiger partial charge in [0, 0.05) is 5.56 Å². The summed E-state index contributed by atoms with van der Waals surface area (Å²) in [6.07, 6.45) is 0. The number of hydrogen-bond acceptors (Lipinski definition) is 18. The van der Waals surface area contributed by atoms with Crippen LogP contribution in [-0.4, -0.2) is 33.7 Å². The first-order chi connectivity index (χ1) is 36.0. The number of benzene rings is 9. The molecule has 0 unspecified atom stereocenters. The molecule has 0 aliphatic carbocycles. The predicted molar refractivity (Wildman–Crippen MR) is 258 cm³/mol. The highest BCUT2D eigenvalue weighted by molar-refractivity contribution is 7.96. The molecule has 24 heteroatoms. The van der Waals surface area contributed by atoms with Gasteiger partial charge in [0.05, 0.1) is 0 Å². The topological polar surface area (TPSA) is 203 Å². The number of carbonyl (C=O) groups excluding carboxylic acids is 3. The molecule has 0 radical (unpaired) electrons. The van der Waals surface area contributed by atoms with Gasteiger partial charge in [-0.05, 0) is 112 Å². The first-order valence-corrected chi connectivity index (χ1v) is 23.6. The van der Waals surface area contributed by atoms with Gasteiger partial charge < -0.3 is 30.0 Å². The molecule has 9 aromatic rings. The largest absolute Gasteiger partial charge is 0.691 e. The molecule has 15 nitrogen and oxygen atoms in total. The Hall–Kier alpha value is -6.78. The summed E-state index contributed by atoms with van der Waals surface area (Å²) < 4.78 is 105. The van der Waals surface area contributed by atoms with Crippen LogP contribution in [0, 0.1) is 0 Å². The third kappa shape index (κ3) is 14.5. The summed E-state index contributed by atoms with van der Waals surface area (Å²) in [6.45, 7) is -1.03. The second-order valence-electron chi connectivity index (χ2n) is 15.5. The summed E-state index contributed by atoms with van der Waals surface area (Å²) in [5.74, 6) is -5.48. The van der Waals surface area contributed by atoms with Crippen molar-refractivity contribution in [3.63, 3.8) is 0 Å². The van der Waals surface area contributed by atoms with Gasteiger partial charge in [-0.25, -0.2) is 14.4 Å². The number of alkyl halides is 6. The summed E-state index contributed by atoms with van der Waals surface area (Å²) >= 11 is -2.15. The molecule has 0 atom stereocenters. The molecule has 0 fully saturated rings. The van der Waals surface area contributed by atoms with E-state index in [1.807, 2.05) is 140 Å². The number of hydrogen-bond donors (Lipinski definition) is 0. The van der Waals surface area contributed by atoms with Crippen molar-refractivity contribution in [1.29, 1.82) is 0 Å². The molecule has 0 saturated heterocycles. The van der Waals surface area contributed by atoms with Crippen molar-refractivity contribution in [1.82, 2.24) is 0 Å². The molecular formula is C51H33F6O15S3-3. The molecular weight excluding hydrogens is 1060 g/mol. The van der Waals surface area contributed by atoms with Crippen LogP contribution in [0.25, 0.3) is 64.6 Å². The van der Waals surface area contributed by atoms with Gasteiger partial charge in [0.2, 0.25) is 0 Å². The minimum absolute atomic E-state index is 0.337. The lowest BCUT2D eigenvalue weighted by atomic mass is 9.97. The Morgan fingerprint density at radius 1 is 0.373 bits per heavy atom. The zero-order valence-corrected chi connectivity index (χ0v) is 40.3. The smallest absolute Gasteiger partial charge is 0.415 e. The number of fused-ring (bicyclic) bond motifs is 6. The Kier molecular flexibility index (Phi) is 19.1. The van der Waals surface area contributed by atoms with Crippen LogP contribution in [0.4, 0.5) is 26.3 Å². The van der Waals surface area contributed by atoms with Crippen LogP contribution in [0.2, 0.25) is 0 Å². The fourth-order valence-electron chi connectivity index (χ4n) is 7.45. The van der Waals surface area contributed by atoms with Gasteiger partial charge in [0.25, 0.3) is 0 Å². The lowest BCUT2D eigenvalue weighted by Gasteiger charge is -2.16. The molecule has 0 aliphatic rings. The van der Waals surface area contributed by atoms with E-state index in [2.05, 4.69) is 37.6 Å². The van der Waals surface area contributed by atoms with Crippen LogP contribution in [0.15, 0.2) is 164 Å². The fraction of sp³-hybridized carbons (Fsp3) is 0.118. The highest BCUT2D eigenvalue weighted by Crippen LogP contribution is 2.36. The zero-order valence-electron chi connectivity index (χ0n) is 37.8. The Labute approximate surface area is 431 Å². The second kappa shape index (κ2) is 25.6. The molecule has 0 aliphatic heterocycles. The molecule has 0 N–H and O–H groups in total. The van der Waals surface area contributed by atoms with Crippen molar-refractivity contribution >= 4 is 119 Å². The minimum Gasteiger partial charge on any atom is -0.691 e. The van der Waals surface area contributed by atoms with Crippen LogP contribution in [0.1, 0.15) is 16.7 Å². The van der Waals surface area contributed by atoms with Crippen molar-refractivity contribution in [2.75, 3.05) is 0 Å². The minimum atomic E-state index is -4.06. The Morgan fingerprint density at radius 3 is 1.23 bits per heavy atom. The first-order valence-electron chi connectivity index (χ1n) is 21.3. The van der Waals surface area contributed by atoms with E-state index in [1.165, 1.54) is 0 Å². The zero-order chi connectivity index (χ0) is 53.6. The van der Waals surface area contributed by atoms with Gasteiger partial charge >= 0.3 is 33.7 Å². The van der Waals surface area contributed by atoms with Gasteiger partial charge in [0.1, 0.15) is 55.9 Å². The average Bonchev–Trinajstić information content (AvgIpc) is 3.42. The van der Waals surface area contributed by atoms with Crippen LogP contribution in [-0.2, 0) is 76.5 Å². The summed E-state index contributed by atoms with van der Waals surface area (Å²) in [7, 11) is 0. The monoisotopic (exact) mass is 1100 g/mol. The molecule has 9 aromatic carbocycles. The molecule has 9 rings (SSSR count). The van der Waals surface area contributed by atoms with Crippen molar-refractivity contribution in [3.8, 4) is 0 Å². The molecule has 0 saturated carbocycles. The molecule has 75 heavy (non-hydrogen) atoms. The maximum atomic E-state index is 13.5. The summed E-state index contributed by atoms with van der Waals surface area (Å²) in [5, 5.41) is 36.2. The van der Waals surface area contributed by atoms with Crippen LogP contribution >= 0.6 is 36.1 Å². The average molecular weight is 1100 g/mol.